The van der Waals surface area contributed by atoms with E-state index in [1.807, 2.05) is 0 Å². The lowest BCUT2D eigenvalue weighted by Crippen LogP contribution is -2.40. The number of carboxylic acids is 1. The maximum atomic E-state index is 12.5. The first-order valence-electron chi connectivity index (χ1n) is 8.38. The molecular weight excluding hydrogens is 334 g/mol. The molecule has 26 heavy (non-hydrogen) atoms. The Labute approximate surface area is 150 Å². The van der Waals surface area contributed by atoms with Gasteiger partial charge in [-0.25, -0.2) is 0 Å². The van der Waals surface area contributed by atoms with E-state index in [-0.39, 0.29) is 17.7 Å². The minimum Gasteiger partial charge on any atom is -0.481 e. The van der Waals surface area contributed by atoms with Crippen molar-refractivity contribution in [2.45, 2.75) is 12.8 Å². The summed E-state index contributed by atoms with van der Waals surface area (Å²) >= 11 is 0. The number of pyridine rings is 1. The number of benzene rings is 1. The summed E-state index contributed by atoms with van der Waals surface area (Å²) in [6.07, 6.45) is 4.04. The third-order valence-electron chi connectivity index (χ3n) is 4.46. The molecule has 7 nitrogen and oxygen atoms in total. The molecule has 2 amide bonds. The Morgan fingerprint density at radius 3 is 2.15 bits per heavy atom. The molecule has 2 N–H and O–H groups in total. The molecule has 2 aromatic rings. The highest BCUT2D eigenvalue weighted by molar-refractivity contribution is 6.04. The summed E-state index contributed by atoms with van der Waals surface area (Å²) in [6.45, 7) is 0.882. The summed E-state index contributed by atoms with van der Waals surface area (Å²) in [4.78, 5) is 41.1. The van der Waals surface area contributed by atoms with E-state index in [1.54, 1.807) is 53.7 Å². The van der Waals surface area contributed by atoms with Gasteiger partial charge in [-0.1, -0.05) is 0 Å². The largest absolute Gasteiger partial charge is 0.481 e. The number of carbonyl (C=O) groups is 3. The number of likely N-dealkylation sites (tertiary alicyclic amines) is 1. The second-order valence-corrected chi connectivity index (χ2v) is 6.17. The SMILES string of the molecule is O=C(Nc1ccc(C(=O)N2CCC(C(=O)O)CC2)cc1)c1ccncc1. The third kappa shape index (κ3) is 4.05. The molecule has 0 saturated carbocycles. The molecular formula is C19H19N3O4. The van der Waals surface area contributed by atoms with E-state index in [2.05, 4.69) is 10.3 Å². The predicted molar refractivity (Wildman–Crippen MR) is 94.9 cm³/mol. The van der Waals surface area contributed by atoms with Crippen molar-refractivity contribution in [3.05, 3.63) is 59.9 Å². The van der Waals surface area contributed by atoms with Crippen LogP contribution in [0.1, 0.15) is 33.6 Å². The van der Waals surface area contributed by atoms with Crippen LogP contribution in [0.15, 0.2) is 48.8 Å². The van der Waals surface area contributed by atoms with E-state index in [1.165, 1.54) is 0 Å². The van der Waals surface area contributed by atoms with E-state index in [9.17, 15) is 14.4 Å². The maximum Gasteiger partial charge on any atom is 0.306 e. The molecule has 1 fully saturated rings. The average Bonchev–Trinajstić information content (AvgIpc) is 2.69. The Hall–Kier alpha value is -3.22. The molecule has 0 bridgehead atoms. The topological polar surface area (TPSA) is 99.6 Å². The molecule has 0 atom stereocenters. The number of nitrogens with zero attached hydrogens (tertiary/aromatic N) is 2. The lowest BCUT2D eigenvalue weighted by Gasteiger charge is -2.30. The summed E-state index contributed by atoms with van der Waals surface area (Å²) in [5.41, 5.74) is 1.61. The van der Waals surface area contributed by atoms with Crippen LogP contribution in [0.2, 0.25) is 0 Å². The first-order chi connectivity index (χ1) is 12.5. The van der Waals surface area contributed by atoms with Crippen LogP contribution in [0.3, 0.4) is 0 Å². The van der Waals surface area contributed by atoms with Crippen molar-refractivity contribution in [3.8, 4) is 0 Å². The Morgan fingerprint density at radius 1 is 0.962 bits per heavy atom. The molecule has 0 radical (unpaired) electrons. The smallest absolute Gasteiger partial charge is 0.306 e. The highest BCUT2D eigenvalue weighted by atomic mass is 16.4. The van der Waals surface area contributed by atoms with Gasteiger partial charge < -0.3 is 15.3 Å². The van der Waals surface area contributed by atoms with Gasteiger partial charge in [0.25, 0.3) is 11.8 Å². The van der Waals surface area contributed by atoms with Crippen LogP contribution in [-0.4, -0.2) is 45.9 Å². The van der Waals surface area contributed by atoms with E-state index < -0.39 is 5.97 Å². The summed E-state index contributed by atoms with van der Waals surface area (Å²) < 4.78 is 0. The Bertz CT molecular complexity index is 797. The number of amides is 2. The van der Waals surface area contributed by atoms with E-state index >= 15 is 0 Å². The number of nitrogens with one attached hydrogen (secondary N) is 1. The van der Waals surface area contributed by atoms with E-state index in [0.717, 1.165) is 0 Å². The minimum atomic E-state index is -0.800. The molecule has 1 aromatic carbocycles. The first-order valence-corrected chi connectivity index (χ1v) is 8.38. The first kappa shape index (κ1) is 17.6. The van der Waals surface area contributed by atoms with Crippen molar-refractivity contribution >= 4 is 23.5 Å². The molecule has 7 heteroatoms. The van der Waals surface area contributed by atoms with Crippen LogP contribution >= 0.6 is 0 Å². The summed E-state index contributed by atoms with van der Waals surface area (Å²) in [5.74, 6) is -1.54. The van der Waals surface area contributed by atoms with Gasteiger partial charge in [-0.15, -0.1) is 0 Å². The zero-order valence-electron chi connectivity index (χ0n) is 14.1. The van der Waals surface area contributed by atoms with Crippen molar-refractivity contribution in [3.63, 3.8) is 0 Å². The Balaban J connectivity index is 1.60. The molecule has 3 rings (SSSR count). The fourth-order valence-electron chi connectivity index (χ4n) is 2.91. The molecule has 1 saturated heterocycles. The fraction of sp³-hybridized carbons (Fsp3) is 0.263. The van der Waals surface area contributed by atoms with Crippen LogP contribution < -0.4 is 5.32 Å². The summed E-state index contributed by atoms with van der Waals surface area (Å²) in [7, 11) is 0. The number of aromatic nitrogens is 1. The van der Waals surface area contributed by atoms with Gasteiger partial charge in [0.1, 0.15) is 0 Å². The standard InChI is InChI=1S/C19H19N3O4/c23-17(13-5-9-20-10-6-13)21-16-3-1-14(2-4-16)18(24)22-11-7-15(8-12-22)19(25)26/h1-6,9-10,15H,7-8,11-12H2,(H,21,23)(H,25,26). The zero-order valence-corrected chi connectivity index (χ0v) is 14.1. The Kier molecular flexibility index (Phi) is 5.26. The third-order valence-corrected chi connectivity index (χ3v) is 4.46. The highest BCUT2D eigenvalue weighted by Crippen LogP contribution is 2.20. The van der Waals surface area contributed by atoms with E-state index in [4.69, 9.17) is 5.11 Å². The molecule has 1 aromatic heterocycles. The number of aliphatic carboxylic acids is 1. The molecule has 0 unspecified atom stereocenters. The molecule has 1 aliphatic heterocycles. The van der Waals surface area contributed by atoms with Crippen molar-refractivity contribution in [1.29, 1.82) is 0 Å². The second-order valence-electron chi connectivity index (χ2n) is 6.17. The fourth-order valence-corrected chi connectivity index (χ4v) is 2.91. The van der Waals surface area contributed by atoms with Crippen LogP contribution in [0, 0.1) is 5.92 Å². The van der Waals surface area contributed by atoms with Gasteiger partial charge in [-0.3, -0.25) is 19.4 Å². The van der Waals surface area contributed by atoms with Crippen molar-refractivity contribution < 1.29 is 19.5 Å². The van der Waals surface area contributed by atoms with Crippen LogP contribution in [0.5, 0.6) is 0 Å². The molecule has 0 spiro atoms. The van der Waals surface area contributed by atoms with Crippen LogP contribution in [0.4, 0.5) is 5.69 Å². The van der Waals surface area contributed by atoms with Crippen LogP contribution in [-0.2, 0) is 4.79 Å². The monoisotopic (exact) mass is 353 g/mol. The van der Waals surface area contributed by atoms with Gasteiger partial charge in [0.05, 0.1) is 5.92 Å². The van der Waals surface area contributed by atoms with Gasteiger partial charge >= 0.3 is 5.97 Å². The maximum absolute atomic E-state index is 12.5. The number of rotatable bonds is 4. The molecule has 2 heterocycles. The molecule has 134 valence electrons. The summed E-state index contributed by atoms with van der Waals surface area (Å²) in [6, 6.07) is 9.91. The molecule has 1 aliphatic rings. The average molecular weight is 353 g/mol. The van der Waals surface area contributed by atoms with Gasteiger partial charge in [0.2, 0.25) is 0 Å². The predicted octanol–water partition coefficient (Wildman–Crippen LogP) is 2.27. The zero-order chi connectivity index (χ0) is 18.5. The minimum absolute atomic E-state index is 0.124. The van der Waals surface area contributed by atoms with Gasteiger partial charge in [-0.2, -0.15) is 0 Å². The second kappa shape index (κ2) is 7.77. The highest BCUT2D eigenvalue weighted by Gasteiger charge is 2.27. The number of carboxylic acid groups (broad SMARTS) is 1. The summed E-state index contributed by atoms with van der Waals surface area (Å²) in [5, 5.41) is 11.8. The molecule has 0 aliphatic carbocycles. The van der Waals surface area contributed by atoms with Gasteiger partial charge in [0, 0.05) is 42.3 Å². The van der Waals surface area contributed by atoms with Crippen LogP contribution in [0.25, 0.3) is 0 Å². The van der Waals surface area contributed by atoms with Crippen molar-refractivity contribution in [1.82, 2.24) is 9.88 Å². The van der Waals surface area contributed by atoms with Gasteiger partial charge in [0.15, 0.2) is 0 Å². The normalized spacial score (nSPS) is 14.7. The number of anilines is 1. The van der Waals surface area contributed by atoms with E-state index in [0.29, 0.717) is 42.7 Å². The van der Waals surface area contributed by atoms with Crippen molar-refractivity contribution in [2.75, 3.05) is 18.4 Å². The van der Waals surface area contributed by atoms with Crippen molar-refractivity contribution in [2.24, 2.45) is 5.92 Å². The number of carbonyl (C=O) groups excluding carboxylic acids is 2. The lowest BCUT2D eigenvalue weighted by molar-refractivity contribution is -0.143. The lowest BCUT2D eigenvalue weighted by atomic mass is 9.96. The number of hydrogen-bond donors (Lipinski definition) is 2. The Morgan fingerprint density at radius 2 is 1.58 bits per heavy atom. The number of piperidine rings is 1. The quantitative estimate of drug-likeness (QED) is 0.878. The number of hydrogen-bond acceptors (Lipinski definition) is 4. The van der Waals surface area contributed by atoms with Gasteiger partial charge in [-0.05, 0) is 49.2 Å².